The predicted molar refractivity (Wildman–Crippen MR) is 69.5 cm³/mol. The van der Waals surface area contributed by atoms with Crippen LogP contribution in [0.4, 0.5) is 24.9 Å². The van der Waals surface area contributed by atoms with E-state index in [1.807, 2.05) is 0 Å². The van der Waals surface area contributed by atoms with Gasteiger partial charge < -0.3 is 15.5 Å². The SMILES string of the molecule is NCCc1nnc(Nc2ccc(Br)cc2C(F)(F)F)o1. The highest BCUT2D eigenvalue weighted by atomic mass is 79.9. The molecule has 9 heteroatoms. The van der Waals surface area contributed by atoms with Crippen molar-refractivity contribution in [3.05, 3.63) is 34.1 Å². The fourth-order valence-corrected chi connectivity index (χ4v) is 1.86. The molecule has 0 atom stereocenters. The quantitative estimate of drug-likeness (QED) is 0.885. The second kappa shape index (κ2) is 5.80. The highest BCUT2D eigenvalue weighted by Crippen LogP contribution is 2.37. The summed E-state index contributed by atoms with van der Waals surface area (Å²) in [5.74, 6) is 0.265. The molecular weight excluding hydrogens is 341 g/mol. The zero-order valence-corrected chi connectivity index (χ0v) is 11.6. The molecule has 0 spiro atoms. The molecule has 2 rings (SSSR count). The number of halogens is 4. The Balaban J connectivity index is 2.28. The molecule has 108 valence electrons. The van der Waals surface area contributed by atoms with Gasteiger partial charge in [0.25, 0.3) is 0 Å². The molecule has 0 radical (unpaired) electrons. The Morgan fingerprint density at radius 1 is 1.30 bits per heavy atom. The van der Waals surface area contributed by atoms with Gasteiger partial charge in [0.2, 0.25) is 5.89 Å². The first-order valence-corrected chi connectivity index (χ1v) is 6.35. The van der Waals surface area contributed by atoms with Gasteiger partial charge in [-0.2, -0.15) is 13.2 Å². The number of alkyl halides is 3. The molecule has 0 bridgehead atoms. The average Bonchev–Trinajstić information content (AvgIpc) is 2.78. The van der Waals surface area contributed by atoms with Gasteiger partial charge >= 0.3 is 12.2 Å². The maximum absolute atomic E-state index is 12.9. The Hall–Kier alpha value is -1.61. The van der Waals surface area contributed by atoms with Gasteiger partial charge in [0.05, 0.1) is 11.3 Å². The van der Waals surface area contributed by atoms with Crippen LogP contribution in [-0.2, 0) is 12.6 Å². The summed E-state index contributed by atoms with van der Waals surface area (Å²) in [4.78, 5) is 0. The molecule has 0 amide bonds. The molecule has 5 nitrogen and oxygen atoms in total. The number of hydrogen-bond acceptors (Lipinski definition) is 5. The zero-order valence-electron chi connectivity index (χ0n) is 10.0. The maximum Gasteiger partial charge on any atom is 0.418 e. The molecule has 2 aromatic rings. The Kier molecular flexibility index (Phi) is 4.29. The van der Waals surface area contributed by atoms with Gasteiger partial charge in [-0.3, -0.25) is 0 Å². The van der Waals surface area contributed by atoms with E-state index < -0.39 is 11.7 Å². The Morgan fingerprint density at radius 3 is 2.70 bits per heavy atom. The normalized spacial score (nSPS) is 11.7. The number of nitrogens with zero attached hydrogens (tertiary/aromatic N) is 2. The minimum absolute atomic E-state index is 0.110. The summed E-state index contributed by atoms with van der Waals surface area (Å²) in [5.41, 5.74) is 4.33. The number of nitrogens with one attached hydrogen (secondary N) is 1. The fourth-order valence-electron chi connectivity index (χ4n) is 1.50. The van der Waals surface area contributed by atoms with Gasteiger partial charge in [0, 0.05) is 17.4 Å². The third-order valence-electron chi connectivity index (χ3n) is 2.35. The molecule has 0 fully saturated rings. The number of nitrogens with two attached hydrogens (primary N) is 1. The van der Waals surface area contributed by atoms with Crippen molar-refractivity contribution < 1.29 is 17.6 Å². The Bertz CT molecular complexity index is 600. The third kappa shape index (κ3) is 3.48. The average molecular weight is 351 g/mol. The van der Waals surface area contributed by atoms with Crippen molar-refractivity contribution in [3.8, 4) is 0 Å². The lowest BCUT2D eigenvalue weighted by atomic mass is 10.1. The first kappa shape index (κ1) is 14.8. The van der Waals surface area contributed by atoms with E-state index >= 15 is 0 Å². The van der Waals surface area contributed by atoms with Crippen LogP contribution in [0.2, 0.25) is 0 Å². The largest absolute Gasteiger partial charge is 0.418 e. The number of anilines is 2. The van der Waals surface area contributed by atoms with Crippen LogP contribution >= 0.6 is 15.9 Å². The second-order valence-electron chi connectivity index (χ2n) is 3.85. The molecule has 0 aliphatic heterocycles. The summed E-state index contributed by atoms with van der Waals surface area (Å²) in [6.07, 6.45) is -4.13. The summed E-state index contributed by atoms with van der Waals surface area (Å²) >= 11 is 3.01. The van der Waals surface area contributed by atoms with Crippen molar-refractivity contribution in [2.24, 2.45) is 5.73 Å². The van der Waals surface area contributed by atoms with Crippen LogP contribution in [0.3, 0.4) is 0 Å². The molecular formula is C11H10BrF3N4O. The molecule has 20 heavy (non-hydrogen) atoms. The monoisotopic (exact) mass is 350 g/mol. The minimum Gasteiger partial charge on any atom is -0.408 e. The van der Waals surface area contributed by atoms with Crippen molar-refractivity contribution in [2.75, 3.05) is 11.9 Å². The molecule has 1 aromatic carbocycles. The van der Waals surface area contributed by atoms with Crippen molar-refractivity contribution in [1.82, 2.24) is 10.2 Å². The molecule has 0 aliphatic rings. The van der Waals surface area contributed by atoms with E-state index in [0.29, 0.717) is 17.4 Å². The third-order valence-corrected chi connectivity index (χ3v) is 2.85. The van der Waals surface area contributed by atoms with Gasteiger partial charge in [-0.15, -0.1) is 5.10 Å². The van der Waals surface area contributed by atoms with E-state index in [9.17, 15) is 13.2 Å². The molecule has 0 saturated carbocycles. The number of rotatable bonds is 4. The molecule has 0 aliphatic carbocycles. The Labute approximate surface area is 120 Å². The van der Waals surface area contributed by atoms with E-state index in [0.717, 1.165) is 6.07 Å². The summed E-state index contributed by atoms with van der Waals surface area (Å²) in [6, 6.07) is 3.62. The Morgan fingerprint density at radius 2 is 2.05 bits per heavy atom. The van der Waals surface area contributed by atoms with E-state index in [4.69, 9.17) is 10.2 Å². The number of aromatic nitrogens is 2. The van der Waals surface area contributed by atoms with Crippen LogP contribution < -0.4 is 11.1 Å². The molecule has 1 aromatic heterocycles. The van der Waals surface area contributed by atoms with Crippen molar-refractivity contribution >= 4 is 27.6 Å². The van der Waals surface area contributed by atoms with Crippen molar-refractivity contribution in [2.45, 2.75) is 12.6 Å². The van der Waals surface area contributed by atoms with E-state index in [2.05, 4.69) is 31.4 Å². The van der Waals surface area contributed by atoms with Crippen LogP contribution in [0.5, 0.6) is 0 Å². The van der Waals surface area contributed by atoms with Gasteiger partial charge in [0.15, 0.2) is 0 Å². The smallest absolute Gasteiger partial charge is 0.408 e. The van der Waals surface area contributed by atoms with Crippen LogP contribution in [0.1, 0.15) is 11.5 Å². The van der Waals surface area contributed by atoms with E-state index in [1.165, 1.54) is 12.1 Å². The molecule has 1 heterocycles. The summed E-state index contributed by atoms with van der Waals surface area (Å²) in [6.45, 7) is 0.313. The summed E-state index contributed by atoms with van der Waals surface area (Å²) in [7, 11) is 0. The lowest BCUT2D eigenvalue weighted by molar-refractivity contribution is -0.137. The summed E-state index contributed by atoms with van der Waals surface area (Å²) in [5, 5.41) is 9.74. The van der Waals surface area contributed by atoms with Crippen LogP contribution in [0, 0.1) is 0 Å². The van der Waals surface area contributed by atoms with Crippen molar-refractivity contribution in [1.29, 1.82) is 0 Å². The standard InChI is InChI=1S/C11H10BrF3N4O/c12-6-1-2-8(7(5-6)11(13,14)15)17-10-19-18-9(20-10)3-4-16/h1-2,5H,3-4,16H2,(H,17,19). The molecule has 3 N–H and O–H groups in total. The van der Waals surface area contributed by atoms with Crippen LogP contribution in [0.25, 0.3) is 0 Å². The minimum atomic E-state index is -4.49. The second-order valence-corrected chi connectivity index (χ2v) is 4.77. The van der Waals surface area contributed by atoms with E-state index in [1.54, 1.807) is 0 Å². The first-order chi connectivity index (χ1) is 9.40. The first-order valence-electron chi connectivity index (χ1n) is 5.56. The molecule has 0 unspecified atom stereocenters. The van der Waals surface area contributed by atoms with Gasteiger partial charge in [-0.1, -0.05) is 21.0 Å². The zero-order chi connectivity index (χ0) is 14.8. The highest BCUT2D eigenvalue weighted by Gasteiger charge is 2.34. The molecule has 0 saturated heterocycles. The lowest BCUT2D eigenvalue weighted by Crippen LogP contribution is -2.09. The fraction of sp³-hybridized carbons (Fsp3) is 0.273. The van der Waals surface area contributed by atoms with E-state index in [-0.39, 0.29) is 17.6 Å². The topological polar surface area (TPSA) is 77.0 Å². The number of benzene rings is 1. The van der Waals surface area contributed by atoms with Gasteiger partial charge in [-0.25, -0.2) is 0 Å². The number of hydrogen-bond donors (Lipinski definition) is 2. The predicted octanol–water partition coefficient (Wildman–Crippen LogP) is 3.10. The maximum atomic E-state index is 12.9. The summed E-state index contributed by atoms with van der Waals surface area (Å²) < 4.78 is 44.2. The van der Waals surface area contributed by atoms with Gasteiger partial charge in [0.1, 0.15) is 0 Å². The van der Waals surface area contributed by atoms with Crippen LogP contribution in [0.15, 0.2) is 27.1 Å². The lowest BCUT2D eigenvalue weighted by Gasteiger charge is -2.12. The van der Waals surface area contributed by atoms with Crippen LogP contribution in [-0.4, -0.2) is 16.7 Å². The van der Waals surface area contributed by atoms with Gasteiger partial charge in [-0.05, 0) is 18.2 Å². The van der Waals surface area contributed by atoms with Crippen molar-refractivity contribution in [3.63, 3.8) is 0 Å². The highest BCUT2D eigenvalue weighted by molar-refractivity contribution is 9.10.